The lowest BCUT2D eigenvalue weighted by atomic mass is 9.97. The summed E-state index contributed by atoms with van der Waals surface area (Å²) in [6, 6.07) is 0. The van der Waals surface area contributed by atoms with Gasteiger partial charge in [0.25, 0.3) is 0 Å². The molecule has 102 valence electrons. The maximum absolute atomic E-state index is 14.0. The molecule has 0 saturated heterocycles. The van der Waals surface area contributed by atoms with Crippen LogP contribution in [-0.4, -0.2) is 46.5 Å². The van der Waals surface area contributed by atoms with Gasteiger partial charge in [0.15, 0.2) is 5.79 Å². The molecule has 0 aliphatic rings. The van der Waals surface area contributed by atoms with Gasteiger partial charge in [0.2, 0.25) is 5.67 Å². The Morgan fingerprint density at radius 2 is 1.88 bits per heavy atom. The Labute approximate surface area is 101 Å². The Bertz CT molecular complexity index is 259. The summed E-state index contributed by atoms with van der Waals surface area (Å²) in [7, 11) is 0. The molecule has 0 radical (unpaired) electrons. The standard InChI is InChI=1S/C11H21FO5/c1-6-16-9(14)11(5,12)8(13)7(2)17-10(3,4)15/h7-8,13,15H,6H2,1-5H3/t7-,8-,11?/m1/s1. The van der Waals surface area contributed by atoms with E-state index in [9.17, 15) is 19.4 Å². The highest BCUT2D eigenvalue weighted by Crippen LogP contribution is 2.24. The largest absolute Gasteiger partial charge is 0.464 e. The Morgan fingerprint density at radius 3 is 2.24 bits per heavy atom. The number of halogens is 1. The van der Waals surface area contributed by atoms with E-state index in [0.29, 0.717) is 0 Å². The Balaban J connectivity index is 4.66. The van der Waals surface area contributed by atoms with Crippen molar-refractivity contribution in [2.45, 2.75) is 58.3 Å². The second kappa shape index (κ2) is 5.75. The van der Waals surface area contributed by atoms with Crippen LogP contribution in [0.15, 0.2) is 0 Å². The fourth-order valence-corrected chi connectivity index (χ4v) is 1.35. The van der Waals surface area contributed by atoms with Crippen LogP contribution in [0.3, 0.4) is 0 Å². The first kappa shape index (κ1) is 16.3. The molecule has 0 rings (SSSR count). The predicted octanol–water partition coefficient (Wildman–Crippen LogP) is 0.772. The number of carbonyl (C=O) groups is 1. The van der Waals surface area contributed by atoms with Crippen LogP contribution in [0, 0.1) is 0 Å². The minimum absolute atomic E-state index is 0.0196. The average molecular weight is 252 g/mol. The number of esters is 1. The number of aliphatic hydroxyl groups is 2. The molecular weight excluding hydrogens is 231 g/mol. The van der Waals surface area contributed by atoms with Crippen molar-refractivity contribution < 1.29 is 28.9 Å². The first-order valence-electron chi connectivity index (χ1n) is 5.46. The number of hydrogen-bond acceptors (Lipinski definition) is 5. The van der Waals surface area contributed by atoms with Crippen molar-refractivity contribution in [3.05, 3.63) is 0 Å². The third kappa shape index (κ3) is 4.97. The van der Waals surface area contributed by atoms with Crippen molar-refractivity contribution in [1.82, 2.24) is 0 Å². The second-order valence-corrected chi connectivity index (χ2v) is 4.51. The molecule has 0 aromatic rings. The fourth-order valence-electron chi connectivity index (χ4n) is 1.35. The third-order valence-corrected chi connectivity index (χ3v) is 2.15. The molecule has 0 fully saturated rings. The summed E-state index contributed by atoms with van der Waals surface area (Å²) in [5, 5.41) is 19.1. The van der Waals surface area contributed by atoms with Crippen LogP contribution in [0.25, 0.3) is 0 Å². The van der Waals surface area contributed by atoms with E-state index < -0.39 is 29.6 Å². The Hall–Kier alpha value is -0.720. The van der Waals surface area contributed by atoms with E-state index in [1.54, 1.807) is 0 Å². The minimum Gasteiger partial charge on any atom is -0.464 e. The molecule has 17 heavy (non-hydrogen) atoms. The van der Waals surface area contributed by atoms with E-state index in [1.165, 1.54) is 27.7 Å². The van der Waals surface area contributed by atoms with Crippen molar-refractivity contribution in [3.63, 3.8) is 0 Å². The number of ether oxygens (including phenoxy) is 2. The molecule has 3 atom stereocenters. The lowest BCUT2D eigenvalue weighted by Crippen LogP contribution is -2.51. The van der Waals surface area contributed by atoms with E-state index in [1.807, 2.05) is 0 Å². The van der Waals surface area contributed by atoms with Gasteiger partial charge in [-0.2, -0.15) is 0 Å². The molecule has 1 unspecified atom stereocenters. The number of alkyl halides is 1. The Morgan fingerprint density at radius 1 is 1.41 bits per heavy atom. The molecule has 0 amide bonds. The van der Waals surface area contributed by atoms with Gasteiger partial charge < -0.3 is 19.7 Å². The van der Waals surface area contributed by atoms with Gasteiger partial charge in [-0.05, 0) is 34.6 Å². The number of rotatable bonds is 6. The topological polar surface area (TPSA) is 76.0 Å². The summed E-state index contributed by atoms with van der Waals surface area (Å²) in [5.41, 5.74) is -2.58. The highest BCUT2D eigenvalue weighted by atomic mass is 19.1. The molecule has 0 aromatic carbocycles. The first-order valence-corrected chi connectivity index (χ1v) is 5.46. The molecule has 2 N–H and O–H groups in total. The van der Waals surface area contributed by atoms with Crippen molar-refractivity contribution in [3.8, 4) is 0 Å². The molecule has 0 aliphatic heterocycles. The average Bonchev–Trinajstić information content (AvgIpc) is 2.14. The van der Waals surface area contributed by atoms with Gasteiger partial charge >= 0.3 is 5.97 Å². The maximum atomic E-state index is 14.0. The Kier molecular flexibility index (Phi) is 5.51. The lowest BCUT2D eigenvalue weighted by Gasteiger charge is -2.32. The summed E-state index contributed by atoms with van der Waals surface area (Å²) < 4.78 is 23.5. The monoisotopic (exact) mass is 252 g/mol. The van der Waals surface area contributed by atoms with Crippen molar-refractivity contribution >= 4 is 5.97 Å². The summed E-state index contributed by atoms with van der Waals surface area (Å²) in [4.78, 5) is 11.3. The van der Waals surface area contributed by atoms with E-state index in [-0.39, 0.29) is 6.61 Å². The molecule has 5 nitrogen and oxygen atoms in total. The maximum Gasteiger partial charge on any atom is 0.346 e. The van der Waals surface area contributed by atoms with Crippen LogP contribution in [0.5, 0.6) is 0 Å². The summed E-state index contributed by atoms with van der Waals surface area (Å²) in [6.45, 7) is 6.52. The fraction of sp³-hybridized carbons (Fsp3) is 0.909. The quantitative estimate of drug-likeness (QED) is 0.539. The van der Waals surface area contributed by atoms with Gasteiger partial charge in [-0.1, -0.05) is 0 Å². The second-order valence-electron chi connectivity index (χ2n) is 4.51. The summed E-state index contributed by atoms with van der Waals surface area (Å²) in [6.07, 6.45) is -2.79. The molecule has 0 aromatic heterocycles. The van der Waals surface area contributed by atoms with E-state index >= 15 is 0 Å². The molecule has 0 bridgehead atoms. The molecule has 0 spiro atoms. The van der Waals surface area contributed by atoms with Crippen molar-refractivity contribution in [1.29, 1.82) is 0 Å². The van der Waals surface area contributed by atoms with Crippen LogP contribution in [0.2, 0.25) is 0 Å². The minimum atomic E-state index is -2.58. The van der Waals surface area contributed by atoms with E-state index in [4.69, 9.17) is 4.74 Å². The van der Waals surface area contributed by atoms with Gasteiger partial charge in [0, 0.05) is 0 Å². The highest BCUT2D eigenvalue weighted by molar-refractivity contribution is 5.79. The molecule has 0 saturated carbocycles. The number of aliphatic hydroxyl groups excluding tert-OH is 1. The van der Waals surface area contributed by atoms with E-state index in [2.05, 4.69) is 4.74 Å². The van der Waals surface area contributed by atoms with Crippen LogP contribution >= 0.6 is 0 Å². The molecule has 0 aliphatic carbocycles. The highest BCUT2D eigenvalue weighted by Gasteiger charge is 2.46. The van der Waals surface area contributed by atoms with Crippen LogP contribution in [-0.2, 0) is 14.3 Å². The summed E-state index contributed by atoms with van der Waals surface area (Å²) >= 11 is 0. The zero-order chi connectivity index (χ0) is 13.9. The lowest BCUT2D eigenvalue weighted by molar-refractivity contribution is -0.235. The molecule has 0 heterocycles. The zero-order valence-electron chi connectivity index (χ0n) is 10.9. The van der Waals surface area contributed by atoms with Crippen LogP contribution in [0.4, 0.5) is 4.39 Å². The van der Waals surface area contributed by atoms with Crippen molar-refractivity contribution in [2.75, 3.05) is 6.61 Å². The smallest absolute Gasteiger partial charge is 0.346 e. The molecule has 6 heteroatoms. The van der Waals surface area contributed by atoms with E-state index in [0.717, 1.165) is 6.92 Å². The van der Waals surface area contributed by atoms with Gasteiger partial charge in [-0.15, -0.1) is 0 Å². The normalized spacial score (nSPS) is 19.3. The SMILES string of the molecule is CCOC(=O)C(C)(F)[C@H](O)[C@@H](C)OC(C)(C)O. The van der Waals surface area contributed by atoms with Gasteiger partial charge in [0.05, 0.1) is 12.7 Å². The number of carbonyl (C=O) groups excluding carboxylic acids is 1. The predicted molar refractivity (Wildman–Crippen MR) is 59.0 cm³/mol. The first-order chi connectivity index (χ1) is 7.52. The van der Waals surface area contributed by atoms with Crippen LogP contribution in [0.1, 0.15) is 34.6 Å². The summed E-state index contributed by atoms with van der Waals surface area (Å²) in [5.74, 6) is -2.68. The zero-order valence-corrected chi connectivity index (χ0v) is 10.9. The third-order valence-electron chi connectivity index (χ3n) is 2.15. The van der Waals surface area contributed by atoms with Crippen molar-refractivity contribution in [2.24, 2.45) is 0 Å². The van der Waals surface area contributed by atoms with Gasteiger partial charge in [0.1, 0.15) is 6.10 Å². The molecular formula is C11H21FO5. The van der Waals surface area contributed by atoms with Crippen LogP contribution < -0.4 is 0 Å². The number of hydrogen-bond donors (Lipinski definition) is 2. The van der Waals surface area contributed by atoms with Gasteiger partial charge in [-0.25, -0.2) is 9.18 Å². The van der Waals surface area contributed by atoms with Gasteiger partial charge in [-0.3, -0.25) is 0 Å².